The Balaban J connectivity index is 2.37. The molecular formula is C12H9NO3S. The van der Waals surface area contributed by atoms with E-state index in [1.54, 1.807) is 36.4 Å². The standard InChI is InChI=1S/C12H9NO3S/c14-13(15)9-5-1-2-6-10(9)16-11-7-3-4-8-12(11)17/h1-8,17H. The Morgan fingerprint density at radius 1 is 1.00 bits per heavy atom. The van der Waals surface area contributed by atoms with E-state index in [9.17, 15) is 10.1 Å². The summed E-state index contributed by atoms with van der Waals surface area (Å²) in [6.07, 6.45) is 0. The summed E-state index contributed by atoms with van der Waals surface area (Å²) < 4.78 is 5.48. The lowest BCUT2D eigenvalue weighted by atomic mass is 10.3. The highest BCUT2D eigenvalue weighted by Gasteiger charge is 2.14. The Morgan fingerprint density at radius 3 is 2.24 bits per heavy atom. The molecular weight excluding hydrogens is 238 g/mol. The quantitative estimate of drug-likeness (QED) is 0.511. The van der Waals surface area contributed by atoms with Crippen LogP contribution in [0.15, 0.2) is 53.4 Å². The predicted molar refractivity (Wildman–Crippen MR) is 66.9 cm³/mol. The van der Waals surface area contributed by atoms with E-state index in [1.807, 2.05) is 6.07 Å². The summed E-state index contributed by atoms with van der Waals surface area (Å²) in [6, 6.07) is 13.3. The number of thiol groups is 1. The zero-order valence-corrected chi connectivity index (χ0v) is 9.63. The van der Waals surface area contributed by atoms with Crippen LogP contribution >= 0.6 is 12.6 Å². The average Bonchev–Trinajstić information content (AvgIpc) is 2.32. The van der Waals surface area contributed by atoms with Gasteiger partial charge in [0.25, 0.3) is 0 Å². The molecule has 0 N–H and O–H groups in total. The topological polar surface area (TPSA) is 52.4 Å². The van der Waals surface area contributed by atoms with Gasteiger partial charge in [-0.3, -0.25) is 10.1 Å². The molecule has 0 fully saturated rings. The molecule has 0 saturated carbocycles. The minimum Gasteiger partial charge on any atom is -0.449 e. The number of nitrogens with zero attached hydrogens (tertiary/aromatic N) is 1. The van der Waals surface area contributed by atoms with Crippen molar-refractivity contribution in [1.29, 1.82) is 0 Å². The smallest absolute Gasteiger partial charge is 0.311 e. The minimum atomic E-state index is -0.476. The fraction of sp³-hybridized carbons (Fsp3) is 0. The van der Waals surface area contributed by atoms with Crippen molar-refractivity contribution < 1.29 is 9.66 Å². The maximum absolute atomic E-state index is 10.8. The van der Waals surface area contributed by atoms with Gasteiger partial charge in [-0.2, -0.15) is 0 Å². The van der Waals surface area contributed by atoms with E-state index >= 15 is 0 Å². The molecule has 4 nitrogen and oxygen atoms in total. The lowest BCUT2D eigenvalue weighted by Crippen LogP contribution is -1.93. The van der Waals surface area contributed by atoms with E-state index in [4.69, 9.17) is 4.74 Å². The SMILES string of the molecule is O=[N+]([O-])c1ccccc1Oc1ccccc1S. The molecule has 2 aromatic carbocycles. The Bertz CT molecular complexity index is 557. The molecule has 86 valence electrons. The van der Waals surface area contributed by atoms with Crippen LogP contribution in [-0.2, 0) is 0 Å². The lowest BCUT2D eigenvalue weighted by molar-refractivity contribution is -0.385. The highest BCUT2D eigenvalue weighted by atomic mass is 32.1. The van der Waals surface area contributed by atoms with Gasteiger partial charge in [-0.25, -0.2) is 0 Å². The number of hydrogen-bond acceptors (Lipinski definition) is 4. The molecule has 0 aromatic heterocycles. The van der Waals surface area contributed by atoms with Crippen LogP contribution in [0.4, 0.5) is 5.69 Å². The number of ether oxygens (including phenoxy) is 1. The van der Waals surface area contributed by atoms with Gasteiger partial charge in [0.15, 0.2) is 0 Å². The zero-order valence-electron chi connectivity index (χ0n) is 8.74. The third-order valence-corrected chi connectivity index (χ3v) is 2.52. The van der Waals surface area contributed by atoms with Crippen LogP contribution in [0.3, 0.4) is 0 Å². The molecule has 0 radical (unpaired) electrons. The van der Waals surface area contributed by atoms with Crippen molar-refractivity contribution in [2.45, 2.75) is 4.90 Å². The summed E-state index contributed by atoms with van der Waals surface area (Å²) in [4.78, 5) is 11.0. The summed E-state index contributed by atoms with van der Waals surface area (Å²) in [5.41, 5.74) is -0.0657. The van der Waals surface area contributed by atoms with Gasteiger partial charge in [0.1, 0.15) is 5.75 Å². The van der Waals surface area contributed by atoms with Gasteiger partial charge in [-0.15, -0.1) is 12.6 Å². The number of rotatable bonds is 3. The second kappa shape index (κ2) is 4.88. The largest absolute Gasteiger partial charge is 0.449 e. The number of para-hydroxylation sites is 3. The Morgan fingerprint density at radius 2 is 1.59 bits per heavy atom. The molecule has 2 rings (SSSR count). The first-order chi connectivity index (χ1) is 8.18. The molecule has 17 heavy (non-hydrogen) atoms. The van der Waals surface area contributed by atoms with E-state index in [1.165, 1.54) is 6.07 Å². The summed E-state index contributed by atoms with van der Waals surface area (Å²) in [6.45, 7) is 0. The molecule has 0 amide bonds. The summed E-state index contributed by atoms with van der Waals surface area (Å²) >= 11 is 4.22. The average molecular weight is 247 g/mol. The fourth-order valence-corrected chi connectivity index (χ4v) is 1.56. The first-order valence-electron chi connectivity index (χ1n) is 4.88. The number of benzene rings is 2. The van der Waals surface area contributed by atoms with E-state index in [0.29, 0.717) is 10.6 Å². The molecule has 0 heterocycles. The van der Waals surface area contributed by atoms with Crippen molar-refractivity contribution >= 4 is 18.3 Å². The molecule has 0 unspecified atom stereocenters. The van der Waals surface area contributed by atoms with E-state index in [-0.39, 0.29) is 11.4 Å². The first-order valence-corrected chi connectivity index (χ1v) is 5.32. The Labute approximate surface area is 103 Å². The third-order valence-electron chi connectivity index (χ3n) is 2.15. The van der Waals surface area contributed by atoms with Gasteiger partial charge in [-0.1, -0.05) is 24.3 Å². The number of nitro groups is 1. The molecule has 5 heteroatoms. The van der Waals surface area contributed by atoms with Gasteiger partial charge in [0, 0.05) is 11.0 Å². The van der Waals surface area contributed by atoms with Crippen molar-refractivity contribution in [3.63, 3.8) is 0 Å². The van der Waals surface area contributed by atoms with Crippen molar-refractivity contribution in [2.24, 2.45) is 0 Å². The molecule has 0 aliphatic carbocycles. The summed E-state index contributed by atoms with van der Waals surface area (Å²) in [7, 11) is 0. The van der Waals surface area contributed by atoms with Crippen molar-refractivity contribution in [3.8, 4) is 11.5 Å². The second-order valence-electron chi connectivity index (χ2n) is 3.29. The fourth-order valence-electron chi connectivity index (χ4n) is 1.36. The Kier molecular flexibility index (Phi) is 3.30. The molecule has 0 aliphatic heterocycles. The monoisotopic (exact) mass is 247 g/mol. The van der Waals surface area contributed by atoms with Gasteiger partial charge < -0.3 is 4.74 Å². The normalized spacial score (nSPS) is 9.94. The lowest BCUT2D eigenvalue weighted by Gasteiger charge is -2.07. The molecule has 0 bridgehead atoms. The third kappa shape index (κ3) is 2.57. The van der Waals surface area contributed by atoms with Crippen LogP contribution in [0.5, 0.6) is 11.5 Å². The van der Waals surface area contributed by atoms with E-state index in [0.717, 1.165) is 0 Å². The van der Waals surface area contributed by atoms with Crippen molar-refractivity contribution in [2.75, 3.05) is 0 Å². The van der Waals surface area contributed by atoms with E-state index in [2.05, 4.69) is 12.6 Å². The van der Waals surface area contributed by atoms with Crippen molar-refractivity contribution in [3.05, 3.63) is 58.6 Å². The van der Waals surface area contributed by atoms with Crippen LogP contribution in [-0.4, -0.2) is 4.92 Å². The van der Waals surface area contributed by atoms with Crippen LogP contribution in [0.25, 0.3) is 0 Å². The van der Waals surface area contributed by atoms with Crippen molar-refractivity contribution in [1.82, 2.24) is 0 Å². The summed E-state index contributed by atoms with van der Waals surface area (Å²) in [5, 5.41) is 10.8. The number of hydrogen-bond donors (Lipinski definition) is 1. The highest BCUT2D eigenvalue weighted by Crippen LogP contribution is 2.33. The van der Waals surface area contributed by atoms with Crippen LogP contribution < -0.4 is 4.74 Å². The maximum Gasteiger partial charge on any atom is 0.311 e. The maximum atomic E-state index is 10.8. The van der Waals surface area contributed by atoms with Gasteiger partial charge in [0.2, 0.25) is 5.75 Å². The molecule has 0 atom stereocenters. The molecule has 0 spiro atoms. The van der Waals surface area contributed by atoms with E-state index < -0.39 is 4.92 Å². The number of nitro benzene ring substituents is 1. The summed E-state index contributed by atoms with van der Waals surface area (Å²) in [5.74, 6) is 0.698. The molecule has 2 aromatic rings. The highest BCUT2D eigenvalue weighted by molar-refractivity contribution is 7.80. The minimum absolute atomic E-state index is 0.0657. The zero-order chi connectivity index (χ0) is 12.3. The van der Waals surface area contributed by atoms with Gasteiger partial charge in [0.05, 0.1) is 4.92 Å². The van der Waals surface area contributed by atoms with Crippen LogP contribution in [0.2, 0.25) is 0 Å². The van der Waals surface area contributed by atoms with Gasteiger partial charge in [-0.05, 0) is 18.2 Å². The molecule has 0 aliphatic rings. The first kappa shape index (κ1) is 11.5. The second-order valence-corrected chi connectivity index (χ2v) is 3.78. The van der Waals surface area contributed by atoms with Gasteiger partial charge >= 0.3 is 5.69 Å². The molecule has 0 saturated heterocycles. The predicted octanol–water partition coefficient (Wildman–Crippen LogP) is 3.68. The Hall–Kier alpha value is -2.01. The van der Waals surface area contributed by atoms with Crippen LogP contribution in [0, 0.1) is 10.1 Å². The van der Waals surface area contributed by atoms with Crippen LogP contribution in [0.1, 0.15) is 0 Å².